The number of nitrogens with zero attached hydrogens (tertiary/aromatic N) is 1. The molecular weight excluding hydrogens is 256 g/mol. The van der Waals surface area contributed by atoms with Crippen LogP contribution in [0.5, 0.6) is 0 Å². The molecule has 3 atom stereocenters. The van der Waals surface area contributed by atoms with E-state index in [1.54, 1.807) is 5.56 Å². The molecule has 116 valence electrons. The van der Waals surface area contributed by atoms with E-state index in [4.69, 9.17) is 0 Å². The van der Waals surface area contributed by atoms with Crippen molar-refractivity contribution in [3.8, 4) is 0 Å². The summed E-state index contributed by atoms with van der Waals surface area (Å²) in [7, 11) is 0. The lowest BCUT2D eigenvalue weighted by atomic mass is 9.78. The molecular formula is C19H30N2. The second-order valence-corrected chi connectivity index (χ2v) is 6.79. The van der Waals surface area contributed by atoms with Crippen molar-refractivity contribution >= 4 is 0 Å². The molecule has 2 fully saturated rings. The highest BCUT2D eigenvalue weighted by Crippen LogP contribution is 2.36. The molecule has 2 nitrogen and oxygen atoms in total. The highest BCUT2D eigenvalue weighted by molar-refractivity contribution is 5.21. The fourth-order valence-electron chi connectivity index (χ4n) is 4.22. The first-order valence-electron chi connectivity index (χ1n) is 8.91. The first-order valence-corrected chi connectivity index (χ1v) is 8.91. The third-order valence-electron chi connectivity index (χ3n) is 5.35. The van der Waals surface area contributed by atoms with E-state index in [0.29, 0.717) is 6.04 Å². The van der Waals surface area contributed by atoms with Gasteiger partial charge in [-0.15, -0.1) is 0 Å². The van der Waals surface area contributed by atoms with E-state index >= 15 is 0 Å². The van der Waals surface area contributed by atoms with Crippen LogP contribution in [0.1, 0.15) is 56.9 Å². The minimum atomic E-state index is 0.711. The molecule has 3 rings (SSSR count). The highest BCUT2D eigenvalue weighted by Gasteiger charge is 2.35. The Bertz CT molecular complexity index is 411. The predicted octanol–water partition coefficient (Wildman–Crippen LogP) is 3.79. The molecule has 1 N–H and O–H groups in total. The normalized spacial score (nSPS) is 30.6. The van der Waals surface area contributed by atoms with Crippen LogP contribution in [0, 0.1) is 0 Å². The fraction of sp³-hybridized carbons (Fsp3) is 0.684. The maximum atomic E-state index is 3.83. The third kappa shape index (κ3) is 3.67. The smallest absolute Gasteiger partial charge is 0.0255 e. The van der Waals surface area contributed by atoms with Crippen LogP contribution in [-0.2, 0) is 0 Å². The van der Waals surface area contributed by atoms with Gasteiger partial charge >= 0.3 is 0 Å². The van der Waals surface area contributed by atoms with Crippen LogP contribution in [0.25, 0.3) is 0 Å². The minimum absolute atomic E-state index is 0.711. The highest BCUT2D eigenvalue weighted by atomic mass is 15.2. The monoisotopic (exact) mass is 286 g/mol. The number of benzene rings is 1. The Morgan fingerprint density at radius 3 is 2.57 bits per heavy atom. The zero-order valence-corrected chi connectivity index (χ0v) is 13.4. The zero-order chi connectivity index (χ0) is 14.5. The molecule has 2 aliphatic rings. The Morgan fingerprint density at radius 1 is 1.10 bits per heavy atom. The number of nitrogens with one attached hydrogen (secondary N) is 1. The fourth-order valence-corrected chi connectivity index (χ4v) is 4.22. The van der Waals surface area contributed by atoms with Crippen LogP contribution in [0.2, 0.25) is 0 Å². The van der Waals surface area contributed by atoms with Crippen molar-refractivity contribution in [3.63, 3.8) is 0 Å². The Balaban J connectivity index is 1.69. The Morgan fingerprint density at radius 2 is 1.86 bits per heavy atom. The van der Waals surface area contributed by atoms with Crippen LogP contribution in [-0.4, -0.2) is 36.6 Å². The van der Waals surface area contributed by atoms with E-state index in [1.807, 2.05) is 0 Å². The lowest BCUT2D eigenvalue weighted by molar-refractivity contribution is 0.137. The molecule has 1 saturated carbocycles. The summed E-state index contributed by atoms with van der Waals surface area (Å²) >= 11 is 0. The molecule has 1 saturated heterocycles. The van der Waals surface area contributed by atoms with Gasteiger partial charge in [0.2, 0.25) is 0 Å². The van der Waals surface area contributed by atoms with Crippen LogP contribution >= 0.6 is 0 Å². The average Bonchev–Trinajstić information content (AvgIpc) is 3.08. The first kappa shape index (κ1) is 15.1. The second-order valence-electron chi connectivity index (χ2n) is 6.79. The predicted molar refractivity (Wildman–Crippen MR) is 89.7 cm³/mol. The summed E-state index contributed by atoms with van der Waals surface area (Å²) in [6.07, 6.45) is 8.05. The zero-order valence-electron chi connectivity index (χ0n) is 13.4. The van der Waals surface area contributed by atoms with Crippen LogP contribution in [0.3, 0.4) is 0 Å². The lowest BCUT2D eigenvalue weighted by Crippen LogP contribution is -2.52. The molecule has 0 radical (unpaired) electrons. The van der Waals surface area contributed by atoms with Crippen LogP contribution in [0.4, 0.5) is 0 Å². The van der Waals surface area contributed by atoms with E-state index in [-0.39, 0.29) is 0 Å². The number of hydrogen-bond donors (Lipinski definition) is 1. The molecule has 0 spiro atoms. The van der Waals surface area contributed by atoms with Gasteiger partial charge in [0.25, 0.3) is 0 Å². The summed E-state index contributed by atoms with van der Waals surface area (Å²) in [5, 5.41) is 3.83. The molecule has 1 aromatic rings. The summed E-state index contributed by atoms with van der Waals surface area (Å²) in [6.45, 7) is 6.07. The van der Waals surface area contributed by atoms with Gasteiger partial charge in [-0.2, -0.15) is 0 Å². The van der Waals surface area contributed by atoms with Gasteiger partial charge in [-0.25, -0.2) is 0 Å². The maximum absolute atomic E-state index is 3.83. The molecule has 0 amide bonds. The molecule has 1 aliphatic heterocycles. The van der Waals surface area contributed by atoms with Gasteiger partial charge in [0.05, 0.1) is 0 Å². The number of likely N-dealkylation sites (tertiary alicyclic amines) is 1. The SMILES string of the molecule is CCCNC1CCC(c2ccccc2)CC1N1CCCC1. The van der Waals surface area contributed by atoms with Crippen molar-refractivity contribution in [3.05, 3.63) is 35.9 Å². The van der Waals surface area contributed by atoms with E-state index in [9.17, 15) is 0 Å². The second kappa shape index (κ2) is 7.42. The number of rotatable bonds is 5. The Kier molecular flexibility index (Phi) is 5.32. The van der Waals surface area contributed by atoms with E-state index in [0.717, 1.165) is 12.0 Å². The van der Waals surface area contributed by atoms with Crippen LogP contribution < -0.4 is 5.32 Å². The van der Waals surface area contributed by atoms with Crippen molar-refractivity contribution in [1.82, 2.24) is 10.2 Å². The van der Waals surface area contributed by atoms with Crippen LogP contribution in [0.15, 0.2) is 30.3 Å². The standard InChI is InChI=1S/C19H30N2/c1-2-12-20-18-11-10-17(16-8-4-3-5-9-16)15-19(18)21-13-6-7-14-21/h3-5,8-9,17-20H,2,6-7,10-15H2,1H3. The van der Waals surface area contributed by atoms with Crippen molar-refractivity contribution in [2.45, 2.75) is 63.5 Å². The largest absolute Gasteiger partial charge is 0.312 e. The summed E-state index contributed by atoms with van der Waals surface area (Å²) in [5.41, 5.74) is 1.55. The van der Waals surface area contributed by atoms with Crippen molar-refractivity contribution < 1.29 is 0 Å². The van der Waals surface area contributed by atoms with E-state index in [2.05, 4.69) is 47.5 Å². The van der Waals surface area contributed by atoms with Gasteiger partial charge in [-0.1, -0.05) is 37.3 Å². The third-order valence-corrected chi connectivity index (χ3v) is 5.35. The maximum Gasteiger partial charge on any atom is 0.0255 e. The van der Waals surface area contributed by atoms with Gasteiger partial charge in [0.1, 0.15) is 0 Å². The Labute approximate surface area is 129 Å². The van der Waals surface area contributed by atoms with Crippen molar-refractivity contribution in [2.24, 2.45) is 0 Å². The first-order chi connectivity index (χ1) is 10.4. The van der Waals surface area contributed by atoms with Gasteiger partial charge < -0.3 is 5.32 Å². The van der Waals surface area contributed by atoms with Gasteiger partial charge in [0.15, 0.2) is 0 Å². The molecule has 21 heavy (non-hydrogen) atoms. The lowest BCUT2D eigenvalue weighted by Gasteiger charge is -2.42. The van der Waals surface area contributed by atoms with Crippen molar-refractivity contribution in [1.29, 1.82) is 0 Å². The number of hydrogen-bond acceptors (Lipinski definition) is 2. The molecule has 1 aliphatic carbocycles. The molecule has 2 heteroatoms. The molecule has 0 aromatic heterocycles. The molecule has 1 heterocycles. The summed E-state index contributed by atoms with van der Waals surface area (Å²) in [6, 6.07) is 12.6. The van der Waals surface area contributed by atoms with Gasteiger partial charge in [-0.3, -0.25) is 4.90 Å². The van der Waals surface area contributed by atoms with Gasteiger partial charge in [-0.05, 0) is 69.6 Å². The van der Waals surface area contributed by atoms with Crippen molar-refractivity contribution in [2.75, 3.05) is 19.6 Å². The Hall–Kier alpha value is -0.860. The molecule has 3 unspecified atom stereocenters. The topological polar surface area (TPSA) is 15.3 Å². The summed E-state index contributed by atoms with van der Waals surface area (Å²) < 4.78 is 0. The summed E-state index contributed by atoms with van der Waals surface area (Å²) in [4.78, 5) is 2.77. The van der Waals surface area contributed by atoms with Gasteiger partial charge in [0, 0.05) is 12.1 Å². The van der Waals surface area contributed by atoms with E-state index < -0.39 is 0 Å². The van der Waals surface area contributed by atoms with E-state index in [1.165, 1.54) is 58.2 Å². The molecule has 1 aromatic carbocycles. The minimum Gasteiger partial charge on any atom is -0.312 e. The summed E-state index contributed by atoms with van der Waals surface area (Å²) in [5.74, 6) is 0.761. The molecule has 0 bridgehead atoms. The quantitative estimate of drug-likeness (QED) is 0.886. The average molecular weight is 286 g/mol.